The third kappa shape index (κ3) is 2.40. The molecule has 3 aromatic rings. The van der Waals surface area contributed by atoms with Gasteiger partial charge < -0.3 is 4.90 Å². The predicted octanol–water partition coefficient (Wildman–Crippen LogP) is 4.92. The van der Waals surface area contributed by atoms with Gasteiger partial charge >= 0.3 is 0 Å². The minimum atomic E-state index is 0.759. The molecule has 0 atom stereocenters. The Morgan fingerprint density at radius 3 is 2.26 bits per heavy atom. The number of anilines is 1. The van der Waals surface area contributed by atoms with E-state index >= 15 is 0 Å². The van der Waals surface area contributed by atoms with Crippen LogP contribution in [0, 0.1) is 0 Å². The van der Waals surface area contributed by atoms with Crippen molar-refractivity contribution >= 4 is 22.7 Å². The van der Waals surface area contributed by atoms with Gasteiger partial charge in [0, 0.05) is 35.3 Å². The lowest BCUT2D eigenvalue weighted by atomic mass is 9.94. The van der Waals surface area contributed by atoms with E-state index in [4.69, 9.17) is 0 Å². The Bertz CT molecular complexity index is 857. The predicted molar refractivity (Wildman–Crippen MR) is 96.2 cm³/mol. The molecule has 2 nitrogen and oxygen atoms in total. The maximum atomic E-state index is 11.5. The Morgan fingerprint density at radius 1 is 0.783 bits per heavy atom. The van der Waals surface area contributed by atoms with E-state index < -0.39 is 0 Å². The van der Waals surface area contributed by atoms with E-state index in [1.54, 1.807) is 0 Å². The summed E-state index contributed by atoms with van der Waals surface area (Å²) < 4.78 is 0. The van der Waals surface area contributed by atoms with Gasteiger partial charge in [0.1, 0.15) is 0 Å². The van der Waals surface area contributed by atoms with Gasteiger partial charge in [-0.1, -0.05) is 54.6 Å². The van der Waals surface area contributed by atoms with Crippen LogP contribution in [0.1, 0.15) is 23.2 Å². The number of fused-ring (bicyclic) bond motifs is 1. The van der Waals surface area contributed by atoms with Crippen molar-refractivity contribution < 1.29 is 4.79 Å². The molecule has 0 aliphatic carbocycles. The molecule has 4 rings (SSSR count). The summed E-state index contributed by atoms with van der Waals surface area (Å²) in [7, 11) is 0. The summed E-state index contributed by atoms with van der Waals surface area (Å²) in [5, 5.41) is 2.17. The first-order chi connectivity index (χ1) is 11.4. The van der Waals surface area contributed by atoms with Crippen molar-refractivity contribution in [2.45, 2.75) is 12.8 Å². The highest BCUT2D eigenvalue weighted by Gasteiger charge is 2.17. The first-order valence-corrected chi connectivity index (χ1v) is 8.20. The second kappa shape index (κ2) is 5.88. The molecule has 0 N–H and O–H groups in total. The normalized spacial score (nSPS) is 14.3. The molecule has 23 heavy (non-hydrogen) atoms. The third-order valence-corrected chi connectivity index (χ3v) is 4.70. The Morgan fingerprint density at radius 2 is 1.48 bits per heavy atom. The summed E-state index contributed by atoms with van der Waals surface area (Å²) in [6.45, 7) is 2.23. The molecule has 1 aliphatic heterocycles. The van der Waals surface area contributed by atoms with Gasteiger partial charge in [0.25, 0.3) is 0 Å². The van der Waals surface area contributed by atoms with Crippen LogP contribution in [0.25, 0.3) is 21.9 Å². The molecular weight excluding hydrogens is 282 g/mol. The van der Waals surface area contributed by atoms with Crippen molar-refractivity contribution in [2.75, 3.05) is 18.0 Å². The number of hydrogen-bond donors (Lipinski definition) is 0. The molecule has 114 valence electrons. The maximum absolute atomic E-state index is 11.5. The quantitative estimate of drug-likeness (QED) is 0.640. The van der Waals surface area contributed by atoms with E-state index in [0.717, 1.165) is 41.3 Å². The van der Waals surface area contributed by atoms with E-state index in [2.05, 4.69) is 53.4 Å². The minimum absolute atomic E-state index is 0.759. The minimum Gasteiger partial charge on any atom is -0.371 e. The van der Waals surface area contributed by atoms with Crippen LogP contribution in [0.5, 0.6) is 0 Å². The molecule has 0 aromatic heterocycles. The second-order valence-electron chi connectivity index (χ2n) is 6.08. The molecule has 1 saturated heterocycles. The van der Waals surface area contributed by atoms with Crippen LogP contribution in [0.3, 0.4) is 0 Å². The number of carbonyl (C=O) groups excluding carboxylic acids is 1. The first kappa shape index (κ1) is 14.0. The van der Waals surface area contributed by atoms with Gasteiger partial charge in [0.2, 0.25) is 0 Å². The zero-order valence-electron chi connectivity index (χ0n) is 13.0. The summed E-state index contributed by atoms with van der Waals surface area (Å²) in [5.74, 6) is 0. The lowest BCUT2D eigenvalue weighted by molar-refractivity contribution is 0.112. The van der Waals surface area contributed by atoms with Crippen LogP contribution in [0.2, 0.25) is 0 Å². The van der Waals surface area contributed by atoms with Crippen molar-refractivity contribution in [1.82, 2.24) is 0 Å². The van der Waals surface area contributed by atoms with Gasteiger partial charge in [0.15, 0.2) is 6.29 Å². The second-order valence-corrected chi connectivity index (χ2v) is 6.08. The summed E-state index contributed by atoms with van der Waals surface area (Å²) in [6.07, 6.45) is 3.47. The van der Waals surface area contributed by atoms with Gasteiger partial charge in [-0.25, -0.2) is 0 Å². The zero-order valence-corrected chi connectivity index (χ0v) is 13.0. The van der Waals surface area contributed by atoms with E-state index in [9.17, 15) is 4.79 Å². The number of para-hydroxylation sites is 1. The van der Waals surface area contributed by atoms with Crippen LogP contribution in [-0.4, -0.2) is 19.4 Å². The smallest absolute Gasteiger partial charge is 0.150 e. The number of carbonyl (C=O) groups is 1. The fourth-order valence-corrected chi connectivity index (χ4v) is 3.63. The van der Waals surface area contributed by atoms with Crippen LogP contribution in [0.15, 0.2) is 60.7 Å². The molecule has 2 heteroatoms. The van der Waals surface area contributed by atoms with Gasteiger partial charge in [-0.05, 0) is 29.9 Å². The number of aldehydes is 1. The zero-order chi connectivity index (χ0) is 15.6. The molecule has 0 saturated carbocycles. The Balaban J connectivity index is 1.98. The molecule has 0 spiro atoms. The summed E-state index contributed by atoms with van der Waals surface area (Å²) in [6, 6.07) is 20.7. The lowest BCUT2D eigenvalue weighted by Gasteiger charge is -2.22. The van der Waals surface area contributed by atoms with Crippen LogP contribution < -0.4 is 4.90 Å². The third-order valence-electron chi connectivity index (χ3n) is 4.70. The molecule has 1 aliphatic rings. The Kier molecular flexibility index (Phi) is 3.58. The van der Waals surface area contributed by atoms with Crippen LogP contribution in [-0.2, 0) is 0 Å². The summed E-state index contributed by atoms with van der Waals surface area (Å²) in [5.41, 5.74) is 4.40. The van der Waals surface area contributed by atoms with Gasteiger partial charge in [-0.15, -0.1) is 0 Å². The highest BCUT2D eigenvalue weighted by Crippen LogP contribution is 2.37. The summed E-state index contributed by atoms with van der Waals surface area (Å²) in [4.78, 5) is 14.0. The SMILES string of the molecule is O=Cc1cccc2cccc(-c3ccccc3N3CCCC3)c12. The summed E-state index contributed by atoms with van der Waals surface area (Å²) >= 11 is 0. The monoisotopic (exact) mass is 301 g/mol. The number of hydrogen-bond acceptors (Lipinski definition) is 2. The molecule has 0 amide bonds. The first-order valence-electron chi connectivity index (χ1n) is 8.20. The van der Waals surface area contributed by atoms with E-state index in [1.165, 1.54) is 24.1 Å². The lowest BCUT2D eigenvalue weighted by Crippen LogP contribution is -2.18. The number of benzene rings is 3. The van der Waals surface area contributed by atoms with Gasteiger partial charge in [0.05, 0.1) is 0 Å². The molecule has 3 aromatic carbocycles. The fraction of sp³-hybridized carbons (Fsp3) is 0.190. The molecule has 0 bridgehead atoms. The van der Waals surface area contributed by atoms with Crippen LogP contribution in [0.4, 0.5) is 5.69 Å². The van der Waals surface area contributed by atoms with Crippen molar-refractivity contribution in [3.8, 4) is 11.1 Å². The number of rotatable bonds is 3. The van der Waals surface area contributed by atoms with Crippen molar-refractivity contribution in [1.29, 1.82) is 0 Å². The highest BCUT2D eigenvalue weighted by atomic mass is 16.1. The number of nitrogens with zero attached hydrogens (tertiary/aromatic N) is 1. The molecule has 0 radical (unpaired) electrons. The van der Waals surface area contributed by atoms with Gasteiger partial charge in [-0.3, -0.25) is 4.79 Å². The average molecular weight is 301 g/mol. The van der Waals surface area contributed by atoms with Crippen molar-refractivity contribution in [3.63, 3.8) is 0 Å². The molecular formula is C21H19NO. The van der Waals surface area contributed by atoms with Crippen molar-refractivity contribution in [2.24, 2.45) is 0 Å². The topological polar surface area (TPSA) is 20.3 Å². The maximum Gasteiger partial charge on any atom is 0.150 e. The largest absolute Gasteiger partial charge is 0.371 e. The van der Waals surface area contributed by atoms with E-state index in [-0.39, 0.29) is 0 Å². The standard InChI is InChI=1S/C21H19NO/c23-15-17-9-5-7-16-8-6-11-19(21(16)17)18-10-1-2-12-20(18)22-13-3-4-14-22/h1-2,5-12,15H,3-4,13-14H2. The van der Waals surface area contributed by atoms with Gasteiger partial charge in [-0.2, -0.15) is 0 Å². The molecule has 1 fully saturated rings. The Hall–Kier alpha value is -2.61. The molecule has 0 unspecified atom stereocenters. The average Bonchev–Trinajstić information content (AvgIpc) is 3.15. The van der Waals surface area contributed by atoms with Crippen LogP contribution >= 0.6 is 0 Å². The molecule has 1 heterocycles. The van der Waals surface area contributed by atoms with Crippen molar-refractivity contribution in [3.05, 3.63) is 66.2 Å². The van der Waals surface area contributed by atoms with E-state index in [0.29, 0.717) is 0 Å². The Labute approximate surface area is 136 Å². The highest BCUT2D eigenvalue weighted by molar-refractivity contribution is 6.08. The fourth-order valence-electron chi connectivity index (χ4n) is 3.63. The van der Waals surface area contributed by atoms with E-state index in [1.807, 2.05) is 12.1 Å².